The molecule has 1 amide bonds. The van der Waals surface area contributed by atoms with E-state index in [9.17, 15) is 4.79 Å². The van der Waals surface area contributed by atoms with Crippen LogP contribution < -0.4 is 5.32 Å². The third-order valence-electron chi connectivity index (χ3n) is 1.10. The van der Waals surface area contributed by atoms with Crippen molar-refractivity contribution in [3.05, 3.63) is 6.20 Å². The number of anilines is 1. The number of hydrogen-bond acceptors (Lipinski definition) is 4. The fourth-order valence-electron chi connectivity index (χ4n) is 0.649. The van der Waals surface area contributed by atoms with Gasteiger partial charge >= 0.3 is 0 Å². The largest absolute Gasteiger partial charge is 0.319 e. The molecule has 0 bridgehead atoms. The van der Waals surface area contributed by atoms with E-state index < -0.39 is 0 Å². The minimum Gasteiger partial charge on any atom is -0.319 e. The molecule has 0 aliphatic heterocycles. The van der Waals surface area contributed by atoms with Gasteiger partial charge in [0.15, 0.2) is 0 Å². The molecule has 0 fully saturated rings. The monoisotopic (exact) mass is 155 g/mol. The van der Waals surface area contributed by atoms with Crippen LogP contribution in [0.5, 0.6) is 0 Å². The van der Waals surface area contributed by atoms with Crippen molar-refractivity contribution in [3.63, 3.8) is 0 Å². The highest BCUT2D eigenvalue weighted by molar-refractivity contribution is 5.88. The zero-order chi connectivity index (χ0) is 8.10. The molecule has 0 atom stereocenters. The molecule has 0 aromatic carbocycles. The Hall–Kier alpha value is -1.39. The molecule has 0 unspecified atom stereocenters. The molecule has 1 rings (SSSR count). The Morgan fingerprint density at radius 1 is 1.82 bits per heavy atom. The van der Waals surface area contributed by atoms with Crippen molar-refractivity contribution >= 4 is 11.8 Å². The Balaban J connectivity index is 2.37. The maximum Gasteiger partial charge on any atom is 0.251 e. The molecule has 1 N–H and O–H groups in total. The minimum absolute atomic E-state index is 0.0777. The normalized spacial score (nSPS) is 9.55. The number of carbonyl (C=O) groups is 1. The minimum atomic E-state index is -0.0777. The van der Waals surface area contributed by atoms with Crippen molar-refractivity contribution in [2.75, 3.05) is 5.32 Å². The van der Waals surface area contributed by atoms with Gasteiger partial charge in [-0.25, -0.2) is 0 Å². The molecule has 0 aliphatic carbocycles. The van der Waals surface area contributed by atoms with E-state index in [1.54, 1.807) is 0 Å². The van der Waals surface area contributed by atoms with Gasteiger partial charge in [-0.3, -0.25) is 10.1 Å². The van der Waals surface area contributed by atoms with Gasteiger partial charge in [-0.15, -0.1) is 5.10 Å². The van der Waals surface area contributed by atoms with Crippen molar-refractivity contribution < 1.29 is 9.32 Å². The Kier molecular flexibility index (Phi) is 2.59. The molecule has 0 radical (unpaired) electrons. The third-order valence-corrected chi connectivity index (χ3v) is 1.10. The van der Waals surface area contributed by atoms with E-state index in [-0.39, 0.29) is 5.91 Å². The Bertz CT molecular complexity index is 220. The maximum atomic E-state index is 10.9. The van der Waals surface area contributed by atoms with Crippen LogP contribution in [0, 0.1) is 0 Å². The number of amides is 1. The summed E-state index contributed by atoms with van der Waals surface area (Å²) in [4.78, 5) is 10.9. The van der Waals surface area contributed by atoms with E-state index in [0.717, 1.165) is 6.42 Å². The number of aromatic nitrogens is 2. The van der Waals surface area contributed by atoms with Gasteiger partial charge in [0.25, 0.3) is 5.88 Å². The van der Waals surface area contributed by atoms with Gasteiger partial charge in [0.05, 0.1) is 0 Å². The van der Waals surface area contributed by atoms with Gasteiger partial charge in [-0.2, -0.15) is 0 Å². The zero-order valence-corrected chi connectivity index (χ0v) is 6.20. The highest BCUT2D eigenvalue weighted by atomic mass is 16.5. The lowest BCUT2D eigenvalue weighted by Gasteiger charge is -1.95. The summed E-state index contributed by atoms with van der Waals surface area (Å²) in [5, 5.41) is 9.09. The highest BCUT2D eigenvalue weighted by Crippen LogP contribution is 2.01. The lowest BCUT2D eigenvalue weighted by molar-refractivity contribution is -0.116. The van der Waals surface area contributed by atoms with Gasteiger partial charge < -0.3 is 4.52 Å². The van der Waals surface area contributed by atoms with Crippen LogP contribution >= 0.6 is 0 Å². The number of carbonyl (C=O) groups excluding carboxylic acids is 1. The summed E-state index contributed by atoms with van der Waals surface area (Å²) in [5.74, 6) is 0.217. The number of rotatable bonds is 3. The van der Waals surface area contributed by atoms with Crippen LogP contribution in [0.3, 0.4) is 0 Å². The van der Waals surface area contributed by atoms with Gasteiger partial charge in [0, 0.05) is 11.7 Å². The van der Waals surface area contributed by atoms with E-state index in [2.05, 4.69) is 20.2 Å². The van der Waals surface area contributed by atoms with Gasteiger partial charge in [0.2, 0.25) is 5.91 Å². The number of hydrogen-bond donors (Lipinski definition) is 1. The second-order valence-electron chi connectivity index (χ2n) is 2.08. The smallest absolute Gasteiger partial charge is 0.251 e. The zero-order valence-electron chi connectivity index (χ0n) is 6.20. The molecule has 5 heteroatoms. The molecule has 0 saturated carbocycles. The summed E-state index contributed by atoms with van der Waals surface area (Å²) in [5.41, 5.74) is 0. The Labute approximate surface area is 63.8 Å². The number of nitrogens with zero attached hydrogens (tertiary/aromatic N) is 2. The van der Waals surface area contributed by atoms with Crippen LogP contribution in [-0.4, -0.2) is 16.3 Å². The second kappa shape index (κ2) is 3.70. The fourth-order valence-corrected chi connectivity index (χ4v) is 0.649. The average Bonchev–Trinajstić information content (AvgIpc) is 2.40. The van der Waals surface area contributed by atoms with Crippen LogP contribution in [0.4, 0.5) is 5.88 Å². The molecular formula is C6H9N3O2. The van der Waals surface area contributed by atoms with Crippen LogP contribution in [0.15, 0.2) is 10.7 Å². The molecule has 1 heterocycles. The third kappa shape index (κ3) is 2.37. The summed E-state index contributed by atoms with van der Waals surface area (Å²) < 4.78 is 4.56. The van der Waals surface area contributed by atoms with E-state index in [1.165, 1.54) is 6.20 Å². The number of nitrogens with one attached hydrogen (secondary N) is 1. The standard InChI is InChI=1S/C6H9N3O2/c1-2-3-5(10)8-6-4-7-9-11-6/h4H,2-3H2,1H3,(H,8,10). The lowest BCUT2D eigenvalue weighted by Crippen LogP contribution is -2.09. The summed E-state index contributed by atoms with van der Waals surface area (Å²) in [6.07, 6.45) is 2.65. The molecule has 0 saturated heterocycles. The Morgan fingerprint density at radius 2 is 2.64 bits per heavy atom. The van der Waals surface area contributed by atoms with E-state index in [0.29, 0.717) is 12.3 Å². The first-order valence-electron chi connectivity index (χ1n) is 3.40. The molecule has 1 aromatic rings. The topological polar surface area (TPSA) is 68.0 Å². The van der Waals surface area contributed by atoms with Crippen LogP contribution in [0.2, 0.25) is 0 Å². The van der Waals surface area contributed by atoms with Crippen molar-refractivity contribution in [3.8, 4) is 0 Å². The molecule has 1 aromatic heterocycles. The van der Waals surface area contributed by atoms with E-state index >= 15 is 0 Å². The first-order chi connectivity index (χ1) is 5.33. The molecule has 5 nitrogen and oxygen atoms in total. The molecular weight excluding hydrogens is 146 g/mol. The molecule has 11 heavy (non-hydrogen) atoms. The average molecular weight is 155 g/mol. The molecule has 0 aliphatic rings. The van der Waals surface area contributed by atoms with Gasteiger partial charge in [-0.1, -0.05) is 6.92 Å². The summed E-state index contributed by atoms with van der Waals surface area (Å²) in [7, 11) is 0. The summed E-state index contributed by atoms with van der Waals surface area (Å²) in [6.45, 7) is 1.93. The first kappa shape index (κ1) is 7.71. The second-order valence-corrected chi connectivity index (χ2v) is 2.08. The van der Waals surface area contributed by atoms with Crippen LogP contribution in [0.25, 0.3) is 0 Å². The van der Waals surface area contributed by atoms with E-state index in [1.807, 2.05) is 6.92 Å². The van der Waals surface area contributed by atoms with Gasteiger partial charge in [0.1, 0.15) is 6.20 Å². The summed E-state index contributed by atoms with van der Waals surface area (Å²) >= 11 is 0. The quantitative estimate of drug-likeness (QED) is 0.701. The molecule has 60 valence electrons. The maximum absolute atomic E-state index is 10.9. The van der Waals surface area contributed by atoms with Crippen molar-refractivity contribution in [1.82, 2.24) is 10.4 Å². The fraction of sp³-hybridized carbons (Fsp3) is 0.500. The lowest BCUT2D eigenvalue weighted by atomic mass is 10.3. The van der Waals surface area contributed by atoms with E-state index in [4.69, 9.17) is 0 Å². The highest BCUT2D eigenvalue weighted by Gasteiger charge is 2.02. The van der Waals surface area contributed by atoms with Crippen molar-refractivity contribution in [2.45, 2.75) is 19.8 Å². The predicted molar refractivity (Wildman–Crippen MR) is 37.8 cm³/mol. The molecule has 0 spiro atoms. The summed E-state index contributed by atoms with van der Waals surface area (Å²) in [6, 6.07) is 0. The van der Waals surface area contributed by atoms with Crippen molar-refractivity contribution in [2.24, 2.45) is 0 Å². The predicted octanol–water partition coefficient (Wildman–Crippen LogP) is 0.808. The SMILES string of the molecule is CCCC(=O)Nc1cnno1. The Morgan fingerprint density at radius 3 is 3.18 bits per heavy atom. The first-order valence-corrected chi connectivity index (χ1v) is 3.40. The van der Waals surface area contributed by atoms with Gasteiger partial charge in [-0.05, 0) is 6.42 Å². The van der Waals surface area contributed by atoms with Crippen LogP contribution in [-0.2, 0) is 4.79 Å². The van der Waals surface area contributed by atoms with Crippen LogP contribution in [0.1, 0.15) is 19.8 Å². The van der Waals surface area contributed by atoms with Crippen molar-refractivity contribution in [1.29, 1.82) is 0 Å².